The van der Waals surface area contributed by atoms with E-state index in [0.29, 0.717) is 11.1 Å². The summed E-state index contributed by atoms with van der Waals surface area (Å²) in [4.78, 5) is 26.0. The van der Waals surface area contributed by atoms with E-state index in [-0.39, 0.29) is 25.2 Å². The van der Waals surface area contributed by atoms with Crippen molar-refractivity contribution in [2.24, 2.45) is 0 Å². The lowest BCUT2D eigenvalue weighted by Crippen LogP contribution is -2.32. The van der Waals surface area contributed by atoms with Gasteiger partial charge in [-0.2, -0.15) is 0 Å². The topological polar surface area (TPSA) is 61.8 Å². The van der Waals surface area contributed by atoms with Crippen LogP contribution in [0, 0.1) is 27.7 Å². The van der Waals surface area contributed by atoms with Crippen LogP contribution in [0.25, 0.3) is 32.7 Å². The number of hydrogen-bond acceptors (Lipinski definition) is 5. The Morgan fingerprint density at radius 2 is 0.897 bits per heavy atom. The van der Waals surface area contributed by atoms with Crippen molar-refractivity contribution in [3.63, 3.8) is 0 Å². The fraction of sp³-hybridized carbons (Fsp3) is 0.132. The Kier molecular flexibility index (Phi) is 8.31. The zero-order valence-electron chi connectivity index (χ0n) is 32.8. The molecule has 1 aliphatic carbocycles. The van der Waals surface area contributed by atoms with Crippen LogP contribution in [0.2, 0.25) is 0 Å². The van der Waals surface area contributed by atoms with Crippen molar-refractivity contribution in [3.05, 3.63) is 212 Å². The minimum absolute atomic E-state index is 0.154. The zero-order valence-corrected chi connectivity index (χ0v) is 32.8. The Hall–Kier alpha value is -6.98. The first-order valence-electron chi connectivity index (χ1n) is 19.7. The standard InChI is InChI=1S/C53H40O5/c1-31-13-17-39(21-33(31)3)51(54)56-29-35-15-19-37-25-47-49(27-41(37)23-35)58-50-28-42-24-36(30-57-52(55)40-18-14-32(2)34(4)22-40)16-20-38(42)26-48(50)53(47)45-11-7-5-9-43(45)44-10-6-8-12-46(44)53/h5-28H,29-30H2,1-4H3. The van der Waals surface area contributed by atoms with Crippen molar-refractivity contribution in [1.82, 2.24) is 0 Å². The zero-order chi connectivity index (χ0) is 39.7. The smallest absolute Gasteiger partial charge is 0.338 e. The molecule has 8 aromatic rings. The Morgan fingerprint density at radius 3 is 1.34 bits per heavy atom. The molecule has 0 amide bonds. The van der Waals surface area contributed by atoms with E-state index < -0.39 is 5.41 Å². The number of carbonyl (C=O) groups is 2. The van der Waals surface area contributed by atoms with Crippen LogP contribution in [0.1, 0.15) is 76.4 Å². The summed E-state index contributed by atoms with van der Waals surface area (Å²) in [5, 5.41) is 4.12. The van der Waals surface area contributed by atoms with Crippen LogP contribution in [-0.2, 0) is 28.1 Å². The molecule has 0 fully saturated rings. The molecule has 0 bridgehead atoms. The van der Waals surface area contributed by atoms with Gasteiger partial charge in [0.05, 0.1) is 16.5 Å². The minimum atomic E-state index is -0.640. The molecule has 1 aliphatic heterocycles. The maximum absolute atomic E-state index is 13.0. The van der Waals surface area contributed by atoms with Gasteiger partial charge in [0.1, 0.15) is 24.7 Å². The Labute approximate surface area is 337 Å². The minimum Gasteiger partial charge on any atom is -0.457 e. The number of rotatable bonds is 6. The van der Waals surface area contributed by atoms with E-state index in [9.17, 15) is 9.59 Å². The molecular formula is C53H40O5. The third-order valence-corrected chi connectivity index (χ3v) is 12.2. The van der Waals surface area contributed by atoms with Gasteiger partial charge in [0, 0.05) is 11.1 Å². The summed E-state index contributed by atoms with van der Waals surface area (Å²) in [7, 11) is 0. The third kappa shape index (κ3) is 5.68. The molecule has 2 aliphatic rings. The highest BCUT2D eigenvalue weighted by atomic mass is 16.5. The summed E-state index contributed by atoms with van der Waals surface area (Å²) in [6.45, 7) is 8.36. The van der Waals surface area contributed by atoms with E-state index in [1.165, 1.54) is 22.3 Å². The van der Waals surface area contributed by atoms with Crippen molar-refractivity contribution >= 4 is 33.5 Å². The Morgan fingerprint density at radius 1 is 0.448 bits per heavy atom. The van der Waals surface area contributed by atoms with Crippen molar-refractivity contribution in [2.75, 3.05) is 0 Å². The Balaban J connectivity index is 1.05. The predicted molar refractivity (Wildman–Crippen MR) is 229 cm³/mol. The average molecular weight is 757 g/mol. The predicted octanol–water partition coefficient (Wildman–Crippen LogP) is 12.4. The highest BCUT2D eigenvalue weighted by Gasteiger charge is 2.51. The van der Waals surface area contributed by atoms with Crippen molar-refractivity contribution in [1.29, 1.82) is 0 Å². The number of hydrogen-bond donors (Lipinski definition) is 0. The van der Waals surface area contributed by atoms with E-state index >= 15 is 0 Å². The van der Waals surface area contributed by atoms with Gasteiger partial charge in [-0.25, -0.2) is 9.59 Å². The largest absolute Gasteiger partial charge is 0.457 e. The van der Waals surface area contributed by atoms with Gasteiger partial charge >= 0.3 is 11.9 Å². The number of aryl methyl sites for hydroxylation is 4. The number of fused-ring (bicyclic) bond motifs is 11. The van der Waals surface area contributed by atoms with Crippen molar-refractivity contribution in [3.8, 4) is 22.6 Å². The van der Waals surface area contributed by atoms with Gasteiger partial charge < -0.3 is 14.2 Å². The monoisotopic (exact) mass is 756 g/mol. The van der Waals surface area contributed by atoms with Gasteiger partial charge in [-0.15, -0.1) is 0 Å². The fourth-order valence-corrected chi connectivity index (χ4v) is 8.87. The molecule has 1 heterocycles. The van der Waals surface area contributed by atoms with Gasteiger partial charge in [-0.3, -0.25) is 0 Å². The second-order valence-electron chi connectivity index (χ2n) is 15.8. The highest BCUT2D eigenvalue weighted by Crippen LogP contribution is 2.62. The molecule has 58 heavy (non-hydrogen) atoms. The number of carbonyl (C=O) groups excluding carboxylic acids is 2. The molecule has 10 rings (SSSR count). The van der Waals surface area contributed by atoms with Crippen LogP contribution in [0.15, 0.2) is 146 Å². The van der Waals surface area contributed by atoms with E-state index in [1.54, 1.807) is 0 Å². The van der Waals surface area contributed by atoms with E-state index in [0.717, 1.165) is 77.6 Å². The third-order valence-electron chi connectivity index (χ3n) is 12.2. The number of esters is 2. The molecule has 0 atom stereocenters. The first-order chi connectivity index (χ1) is 28.2. The van der Waals surface area contributed by atoms with Gasteiger partial charge in [0.25, 0.3) is 0 Å². The van der Waals surface area contributed by atoms with Crippen LogP contribution < -0.4 is 4.74 Å². The summed E-state index contributed by atoms with van der Waals surface area (Å²) < 4.78 is 18.5. The lowest BCUT2D eigenvalue weighted by molar-refractivity contribution is 0.0464. The highest BCUT2D eigenvalue weighted by molar-refractivity contribution is 5.96. The molecule has 0 saturated heterocycles. The van der Waals surface area contributed by atoms with E-state index in [4.69, 9.17) is 14.2 Å². The molecule has 5 heteroatoms. The molecular weight excluding hydrogens is 717 g/mol. The summed E-state index contributed by atoms with van der Waals surface area (Å²) >= 11 is 0. The lowest BCUT2D eigenvalue weighted by Gasteiger charge is -2.40. The second-order valence-corrected chi connectivity index (χ2v) is 15.8. The molecule has 8 aromatic carbocycles. The first-order valence-corrected chi connectivity index (χ1v) is 19.7. The first kappa shape index (κ1) is 35.4. The molecule has 0 unspecified atom stereocenters. The summed E-state index contributed by atoms with van der Waals surface area (Å²) in [5.74, 6) is 0.857. The summed E-state index contributed by atoms with van der Waals surface area (Å²) in [6.07, 6.45) is 0. The fourth-order valence-electron chi connectivity index (χ4n) is 8.87. The van der Waals surface area contributed by atoms with Gasteiger partial charge in [-0.05, 0) is 166 Å². The van der Waals surface area contributed by atoms with Crippen LogP contribution in [0.3, 0.4) is 0 Å². The maximum Gasteiger partial charge on any atom is 0.338 e. The van der Waals surface area contributed by atoms with Crippen LogP contribution in [-0.4, -0.2) is 11.9 Å². The van der Waals surface area contributed by atoms with Crippen molar-refractivity contribution < 1.29 is 23.8 Å². The SMILES string of the molecule is Cc1ccc(C(=O)OCc2ccc3cc4c(cc3c2)Oc2cc3cc(COC(=O)c5ccc(C)c(C)c5)ccc3cc2C42c3ccccc3-c3ccccc32)cc1C. The molecule has 5 nitrogen and oxygen atoms in total. The quantitative estimate of drug-likeness (QED) is 0.158. The Bertz CT molecular complexity index is 2820. The molecule has 1 spiro atoms. The van der Waals surface area contributed by atoms with Gasteiger partial charge in [0.15, 0.2) is 0 Å². The second kappa shape index (κ2) is 13.6. The lowest BCUT2D eigenvalue weighted by atomic mass is 9.65. The maximum atomic E-state index is 13.0. The van der Waals surface area contributed by atoms with E-state index in [1.807, 2.05) is 76.2 Å². The van der Waals surface area contributed by atoms with E-state index in [2.05, 4.69) is 97.1 Å². The normalized spacial score (nSPS) is 13.0. The average Bonchev–Trinajstić information content (AvgIpc) is 3.53. The molecule has 0 N–H and O–H groups in total. The number of benzene rings is 8. The van der Waals surface area contributed by atoms with Gasteiger partial charge in [0.2, 0.25) is 0 Å². The van der Waals surface area contributed by atoms with Crippen LogP contribution in [0.5, 0.6) is 11.5 Å². The molecule has 282 valence electrons. The van der Waals surface area contributed by atoms with Crippen molar-refractivity contribution in [2.45, 2.75) is 46.3 Å². The van der Waals surface area contributed by atoms with Crippen LogP contribution >= 0.6 is 0 Å². The molecule has 0 saturated carbocycles. The molecule has 0 radical (unpaired) electrons. The summed E-state index contributed by atoms with van der Waals surface area (Å²) in [5.41, 5.74) is 13.6. The molecule has 0 aromatic heterocycles. The van der Waals surface area contributed by atoms with Gasteiger partial charge in [-0.1, -0.05) is 84.9 Å². The summed E-state index contributed by atoms with van der Waals surface area (Å²) in [6, 6.07) is 49.9. The van der Waals surface area contributed by atoms with Crippen LogP contribution in [0.4, 0.5) is 0 Å². The number of ether oxygens (including phenoxy) is 3.